The van der Waals surface area contributed by atoms with Crippen LogP contribution in [-0.4, -0.2) is 14.5 Å². The van der Waals surface area contributed by atoms with Crippen molar-refractivity contribution < 1.29 is 8.42 Å². The number of hydrogen-bond acceptors (Lipinski definition) is 3. The van der Waals surface area contributed by atoms with Gasteiger partial charge in [0.25, 0.3) is 0 Å². The molecule has 19 heavy (non-hydrogen) atoms. The van der Waals surface area contributed by atoms with Crippen LogP contribution in [-0.2, 0) is 16.6 Å². The van der Waals surface area contributed by atoms with Gasteiger partial charge in [0.2, 0.25) is 10.0 Å². The Bertz CT molecular complexity index is 547. The zero-order valence-corrected chi connectivity index (χ0v) is 13.2. The molecular weight excluding hydrogens is 307 g/mol. The molecule has 1 rings (SSSR count). The van der Waals surface area contributed by atoms with E-state index >= 15 is 0 Å². The molecule has 4 nitrogen and oxygen atoms in total. The quantitative estimate of drug-likeness (QED) is 0.845. The van der Waals surface area contributed by atoms with Gasteiger partial charge in [0.05, 0.1) is 5.02 Å². The number of nitrogens with one attached hydrogen (secondary N) is 1. The van der Waals surface area contributed by atoms with E-state index in [9.17, 15) is 8.42 Å². The first-order valence-corrected chi connectivity index (χ1v) is 8.26. The van der Waals surface area contributed by atoms with Gasteiger partial charge in [0, 0.05) is 23.2 Å². The Kier molecular flexibility index (Phi) is 6.08. The molecule has 1 aromatic rings. The van der Waals surface area contributed by atoms with Gasteiger partial charge in [-0.1, -0.05) is 36.5 Å². The molecule has 0 heterocycles. The van der Waals surface area contributed by atoms with Gasteiger partial charge < -0.3 is 5.73 Å². The van der Waals surface area contributed by atoms with Crippen LogP contribution in [0, 0.1) is 0 Å². The van der Waals surface area contributed by atoms with Crippen LogP contribution in [0.5, 0.6) is 0 Å². The van der Waals surface area contributed by atoms with Crippen LogP contribution in [0.2, 0.25) is 10.0 Å². The van der Waals surface area contributed by atoms with E-state index < -0.39 is 10.0 Å². The highest BCUT2D eigenvalue weighted by Gasteiger charge is 2.22. The molecule has 0 aliphatic carbocycles. The first kappa shape index (κ1) is 16.7. The maximum absolute atomic E-state index is 12.2. The molecule has 1 atom stereocenters. The Morgan fingerprint density at radius 1 is 1.37 bits per heavy atom. The normalized spacial score (nSPS) is 13.5. The molecule has 0 bridgehead atoms. The minimum Gasteiger partial charge on any atom is -0.326 e. The number of rotatable bonds is 6. The summed E-state index contributed by atoms with van der Waals surface area (Å²) in [7, 11) is -3.66. The monoisotopic (exact) mass is 324 g/mol. The first-order valence-electron chi connectivity index (χ1n) is 6.02. The van der Waals surface area contributed by atoms with Gasteiger partial charge in [0.1, 0.15) is 4.90 Å². The minimum absolute atomic E-state index is 0.0157. The van der Waals surface area contributed by atoms with E-state index in [4.69, 9.17) is 28.9 Å². The SMILES string of the molecule is CCCC(C)NS(=O)(=O)c1ccc(Cl)c(CN)c1Cl. The van der Waals surface area contributed by atoms with Crippen molar-refractivity contribution in [2.75, 3.05) is 0 Å². The molecule has 0 fully saturated rings. The number of nitrogens with two attached hydrogens (primary N) is 1. The number of sulfonamides is 1. The van der Waals surface area contributed by atoms with Crippen molar-refractivity contribution in [1.82, 2.24) is 4.72 Å². The smallest absolute Gasteiger partial charge is 0.242 e. The molecule has 0 saturated carbocycles. The fourth-order valence-corrected chi connectivity index (χ4v) is 4.00. The van der Waals surface area contributed by atoms with Crippen LogP contribution < -0.4 is 10.5 Å². The maximum Gasteiger partial charge on any atom is 0.242 e. The molecule has 0 aliphatic heterocycles. The van der Waals surface area contributed by atoms with E-state index in [2.05, 4.69) is 4.72 Å². The molecule has 1 unspecified atom stereocenters. The van der Waals surface area contributed by atoms with Crippen LogP contribution >= 0.6 is 23.2 Å². The summed E-state index contributed by atoms with van der Waals surface area (Å²) in [6.07, 6.45) is 1.65. The predicted molar refractivity (Wildman–Crippen MR) is 79.0 cm³/mol. The number of hydrogen-bond donors (Lipinski definition) is 2. The third kappa shape index (κ3) is 4.07. The molecule has 3 N–H and O–H groups in total. The lowest BCUT2D eigenvalue weighted by atomic mass is 10.2. The van der Waals surface area contributed by atoms with Crippen molar-refractivity contribution in [2.45, 2.75) is 44.2 Å². The van der Waals surface area contributed by atoms with Crippen LogP contribution in [0.25, 0.3) is 0 Å². The second-order valence-electron chi connectivity index (χ2n) is 4.35. The standard InChI is InChI=1S/C12H18Cl2N2O2S/c1-3-4-8(2)16-19(17,18)11-6-5-10(13)9(7-15)12(11)14/h5-6,8,16H,3-4,7,15H2,1-2H3. The van der Waals surface area contributed by atoms with Gasteiger partial charge in [-0.25, -0.2) is 13.1 Å². The summed E-state index contributed by atoms with van der Waals surface area (Å²) in [5, 5.41) is 0.458. The van der Waals surface area contributed by atoms with E-state index in [1.165, 1.54) is 12.1 Å². The highest BCUT2D eigenvalue weighted by atomic mass is 35.5. The summed E-state index contributed by atoms with van der Waals surface area (Å²) in [6.45, 7) is 3.90. The minimum atomic E-state index is -3.66. The number of benzene rings is 1. The van der Waals surface area contributed by atoms with Crippen LogP contribution in [0.4, 0.5) is 0 Å². The fourth-order valence-electron chi connectivity index (χ4n) is 1.79. The van der Waals surface area contributed by atoms with Crippen molar-refractivity contribution >= 4 is 33.2 Å². The van der Waals surface area contributed by atoms with E-state index in [1.807, 2.05) is 13.8 Å². The Morgan fingerprint density at radius 3 is 2.53 bits per heavy atom. The van der Waals surface area contributed by atoms with Gasteiger partial charge in [-0.2, -0.15) is 0 Å². The van der Waals surface area contributed by atoms with Crippen molar-refractivity contribution in [3.8, 4) is 0 Å². The Balaban J connectivity index is 3.15. The number of halogens is 2. The third-order valence-corrected chi connectivity index (χ3v) is 5.25. The highest BCUT2D eigenvalue weighted by Crippen LogP contribution is 2.30. The molecule has 0 saturated heterocycles. The average Bonchev–Trinajstić information content (AvgIpc) is 2.28. The zero-order valence-electron chi connectivity index (χ0n) is 10.9. The predicted octanol–water partition coefficient (Wildman–Crippen LogP) is 2.92. The molecule has 0 amide bonds. The van der Waals surface area contributed by atoms with Crippen LogP contribution in [0.3, 0.4) is 0 Å². The maximum atomic E-state index is 12.2. The Labute approximate surface area is 124 Å². The lowest BCUT2D eigenvalue weighted by molar-refractivity contribution is 0.544. The zero-order chi connectivity index (χ0) is 14.6. The van der Waals surface area contributed by atoms with Gasteiger partial charge in [0.15, 0.2) is 0 Å². The van der Waals surface area contributed by atoms with Gasteiger partial charge in [-0.15, -0.1) is 0 Å². The molecule has 0 spiro atoms. The van der Waals surface area contributed by atoms with Gasteiger partial charge in [-0.05, 0) is 25.5 Å². The lowest BCUT2D eigenvalue weighted by Gasteiger charge is -2.15. The van der Waals surface area contributed by atoms with E-state index in [0.29, 0.717) is 10.6 Å². The summed E-state index contributed by atoms with van der Waals surface area (Å²) >= 11 is 12.0. The summed E-state index contributed by atoms with van der Waals surface area (Å²) < 4.78 is 27.1. The molecule has 0 aromatic heterocycles. The van der Waals surface area contributed by atoms with Crippen molar-refractivity contribution in [1.29, 1.82) is 0 Å². The van der Waals surface area contributed by atoms with E-state index in [1.54, 1.807) is 0 Å². The molecule has 108 valence electrons. The first-order chi connectivity index (χ1) is 8.83. The topological polar surface area (TPSA) is 72.2 Å². The van der Waals surface area contributed by atoms with Gasteiger partial charge in [-0.3, -0.25) is 0 Å². The third-order valence-electron chi connectivity index (χ3n) is 2.72. The van der Waals surface area contributed by atoms with Crippen molar-refractivity contribution in [2.24, 2.45) is 5.73 Å². The summed E-state index contributed by atoms with van der Waals surface area (Å²) in [5.41, 5.74) is 5.97. The second kappa shape index (κ2) is 6.90. The van der Waals surface area contributed by atoms with Crippen LogP contribution in [0.15, 0.2) is 17.0 Å². The van der Waals surface area contributed by atoms with E-state index in [-0.39, 0.29) is 22.5 Å². The van der Waals surface area contributed by atoms with Crippen LogP contribution in [0.1, 0.15) is 32.3 Å². The fraction of sp³-hybridized carbons (Fsp3) is 0.500. The van der Waals surface area contributed by atoms with Gasteiger partial charge >= 0.3 is 0 Å². The van der Waals surface area contributed by atoms with E-state index in [0.717, 1.165) is 12.8 Å². The summed E-state index contributed by atoms with van der Waals surface area (Å²) in [4.78, 5) is 0.0157. The molecule has 7 heteroatoms. The lowest BCUT2D eigenvalue weighted by Crippen LogP contribution is -2.32. The Hall–Kier alpha value is -0.330. The Morgan fingerprint density at radius 2 is 2.00 bits per heavy atom. The largest absolute Gasteiger partial charge is 0.326 e. The molecule has 0 aliphatic rings. The summed E-state index contributed by atoms with van der Waals surface area (Å²) in [6, 6.07) is 2.74. The molecular formula is C12H18Cl2N2O2S. The average molecular weight is 325 g/mol. The van der Waals surface area contributed by atoms with Crippen molar-refractivity contribution in [3.05, 3.63) is 27.7 Å². The highest BCUT2D eigenvalue weighted by molar-refractivity contribution is 7.89. The summed E-state index contributed by atoms with van der Waals surface area (Å²) in [5.74, 6) is 0. The molecule has 0 radical (unpaired) electrons. The second-order valence-corrected chi connectivity index (χ2v) is 6.82. The van der Waals surface area contributed by atoms with Crippen molar-refractivity contribution in [3.63, 3.8) is 0 Å². The molecule has 1 aromatic carbocycles.